The van der Waals surface area contributed by atoms with Gasteiger partial charge >= 0.3 is 0 Å². The number of pyridine rings is 1. The zero-order valence-electron chi connectivity index (χ0n) is 22.7. The zero-order chi connectivity index (χ0) is 26.7. The van der Waals surface area contributed by atoms with Gasteiger partial charge in [0.2, 0.25) is 0 Å². The molecule has 0 unspecified atom stereocenters. The highest BCUT2D eigenvalue weighted by molar-refractivity contribution is 6.06. The Labute approximate surface area is 226 Å². The molecule has 0 atom stereocenters. The molecule has 2 N–H and O–H groups in total. The van der Waals surface area contributed by atoms with Gasteiger partial charge in [-0.05, 0) is 79.1 Å². The average molecular weight is 513 g/mol. The highest BCUT2D eigenvalue weighted by Crippen LogP contribution is 2.29. The molecule has 0 aliphatic carbocycles. The number of nitrogens with zero attached hydrogens (tertiary/aromatic N) is 2. The fourth-order valence-electron chi connectivity index (χ4n) is 4.88. The first-order chi connectivity index (χ1) is 18.5. The van der Waals surface area contributed by atoms with E-state index < -0.39 is 0 Å². The Hall–Kier alpha value is -3.67. The van der Waals surface area contributed by atoms with Gasteiger partial charge in [-0.1, -0.05) is 51.3 Å². The van der Waals surface area contributed by atoms with Crippen LogP contribution in [-0.4, -0.2) is 29.9 Å². The summed E-state index contributed by atoms with van der Waals surface area (Å²) in [6.45, 7) is 6.72. The molecular formula is C32H40N4O2. The van der Waals surface area contributed by atoms with E-state index in [0.717, 1.165) is 43.6 Å². The number of unbranched alkanes of at least 4 members (excludes halogenated alkanes) is 3. The van der Waals surface area contributed by atoms with Gasteiger partial charge in [0.1, 0.15) is 0 Å². The van der Waals surface area contributed by atoms with E-state index in [1.54, 1.807) is 18.5 Å². The number of piperidine rings is 1. The van der Waals surface area contributed by atoms with Crippen LogP contribution in [0.4, 0.5) is 11.4 Å². The maximum atomic E-state index is 13.3. The molecule has 2 heterocycles. The van der Waals surface area contributed by atoms with E-state index in [9.17, 15) is 9.59 Å². The summed E-state index contributed by atoms with van der Waals surface area (Å²) in [4.78, 5) is 32.8. The Morgan fingerprint density at radius 2 is 1.74 bits per heavy atom. The quantitative estimate of drug-likeness (QED) is 0.283. The Balaban J connectivity index is 1.47. The first-order valence-corrected chi connectivity index (χ1v) is 14.0. The number of carbonyl (C=O) groups excluding carboxylic acids is 2. The summed E-state index contributed by atoms with van der Waals surface area (Å²) in [5, 5.41) is 6.02. The molecule has 1 aliphatic heterocycles. The summed E-state index contributed by atoms with van der Waals surface area (Å²) in [7, 11) is 0. The third kappa shape index (κ3) is 7.67. The highest BCUT2D eigenvalue weighted by atomic mass is 16.2. The van der Waals surface area contributed by atoms with Crippen molar-refractivity contribution in [2.75, 3.05) is 23.3 Å². The number of carbonyl (C=O) groups is 2. The van der Waals surface area contributed by atoms with Crippen molar-refractivity contribution in [3.8, 4) is 0 Å². The summed E-state index contributed by atoms with van der Waals surface area (Å²) < 4.78 is 0. The lowest BCUT2D eigenvalue weighted by atomic mass is 9.97. The maximum Gasteiger partial charge on any atom is 0.255 e. The fourth-order valence-corrected chi connectivity index (χ4v) is 4.88. The van der Waals surface area contributed by atoms with E-state index >= 15 is 0 Å². The number of rotatable bonds is 11. The van der Waals surface area contributed by atoms with Gasteiger partial charge in [-0.15, -0.1) is 0 Å². The topological polar surface area (TPSA) is 74.3 Å². The molecule has 0 radical (unpaired) electrons. The zero-order valence-corrected chi connectivity index (χ0v) is 22.7. The number of benzene rings is 2. The van der Waals surface area contributed by atoms with Gasteiger partial charge in [0.25, 0.3) is 11.8 Å². The van der Waals surface area contributed by atoms with E-state index in [1.807, 2.05) is 48.5 Å². The molecule has 1 saturated heterocycles. The minimum atomic E-state index is -0.177. The summed E-state index contributed by atoms with van der Waals surface area (Å²) in [5.41, 5.74) is 4.89. The van der Waals surface area contributed by atoms with Gasteiger partial charge in [-0.2, -0.15) is 0 Å². The predicted octanol–water partition coefficient (Wildman–Crippen LogP) is 6.62. The van der Waals surface area contributed by atoms with Gasteiger partial charge < -0.3 is 15.5 Å². The number of aryl methyl sites for hydroxylation is 1. The smallest absolute Gasteiger partial charge is 0.255 e. The number of hydrogen-bond acceptors (Lipinski definition) is 4. The van der Waals surface area contributed by atoms with E-state index in [2.05, 4.69) is 34.4 Å². The van der Waals surface area contributed by atoms with Gasteiger partial charge in [-0.25, -0.2) is 0 Å². The lowest BCUT2D eigenvalue weighted by Crippen LogP contribution is -2.35. The molecule has 38 heavy (non-hydrogen) atoms. The van der Waals surface area contributed by atoms with Gasteiger partial charge in [0.05, 0.1) is 5.56 Å². The van der Waals surface area contributed by atoms with E-state index in [0.29, 0.717) is 29.3 Å². The average Bonchev–Trinajstić information content (AvgIpc) is 2.95. The van der Waals surface area contributed by atoms with Crippen LogP contribution in [0.25, 0.3) is 0 Å². The van der Waals surface area contributed by atoms with Crippen molar-refractivity contribution < 1.29 is 9.59 Å². The molecule has 2 amide bonds. The molecular weight excluding hydrogens is 472 g/mol. The lowest BCUT2D eigenvalue weighted by molar-refractivity contribution is 0.0950. The molecule has 6 heteroatoms. The largest absolute Gasteiger partial charge is 0.371 e. The molecule has 1 fully saturated rings. The third-order valence-electron chi connectivity index (χ3n) is 7.33. The summed E-state index contributed by atoms with van der Waals surface area (Å²) in [5.74, 6) is 0.352. The van der Waals surface area contributed by atoms with Gasteiger partial charge in [0, 0.05) is 49.0 Å². The van der Waals surface area contributed by atoms with Crippen molar-refractivity contribution in [1.29, 1.82) is 0 Å². The number of hydrogen-bond donors (Lipinski definition) is 2. The highest BCUT2D eigenvalue weighted by Gasteiger charge is 2.22. The fraction of sp³-hybridized carbons (Fsp3) is 0.406. The van der Waals surface area contributed by atoms with Crippen LogP contribution in [0.15, 0.2) is 67.0 Å². The molecule has 6 nitrogen and oxygen atoms in total. The van der Waals surface area contributed by atoms with Crippen molar-refractivity contribution in [2.24, 2.45) is 5.92 Å². The molecule has 1 aliphatic rings. The van der Waals surface area contributed by atoms with Crippen LogP contribution in [0.1, 0.15) is 84.2 Å². The second kappa shape index (κ2) is 13.8. The van der Waals surface area contributed by atoms with Crippen LogP contribution in [0, 0.1) is 5.92 Å². The standard InChI is InChI=1S/C32H40N4O2/c1-3-4-5-6-8-25-10-12-27(13-11-25)31(37)35-28-14-15-30(36-19-16-24(2)17-20-36)29(21-28)32(38)34-23-26-9-7-18-33-22-26/h7,9-15,18,21-22,24H,3-6,8,16-17,19-20,23H2,1-2H3,(H,34,38)(H,35,37). The lowest BCUT2D eigenvalue weighted by Gasteiger charge is -2.33. The number of aromatic nitrogens is 1. The van der Waals surface area contributed by atoms with Gasteiger partial charge in [-0.3, -0.25) is 14.6 Å². The SMILES string of the molecule is CCCCCCc1ccc(C(=O)Nc2ccc(N3CCC(C)CC3)c(C(=O)NCc3cccnc3)c2)cc1. The van der Waals surface area contributed by atoms with Crippen molar-refractivity contribution in [3.63, 3.8) is 0 Å². The predicted molar refractivity (Wildman–Crippen MR) is 155 cm³/mol. The van der Waals surface area contributed by atoms with Crippen molar-refractivity contribution in [2.45, 2.75) is 65.3 Å². The van der Waals surface area contributed by atoms with Crippen molar-refractivity contribution in [1.82, 2.24) is 10.3 Å². The summed E-state index contributed by atoms with van der Waals surface area (Å²) in [6.07, 6.45) is 11.6. The van der Waals surface area contributed by atoms with Crippen LogP contribution in [0.5, 0.6) is 0 Å². The molecule has 4 rings (SSSR count). The van der Waals surface area contributed by atoms with Crippen molar-refractivity contribution >= 4 is 23.2 Å². The Bertz CT molecular complexity index is 1190. The first kappa shape index (κ1) is 27.4. The number of anilines is 2. The number of nitrogens with one attached hydrogen (secondary N) is 2. The molecule has 0 saturated carbocycles. The normalized spacial score (nSPS) is 13.8. The monoisotopic (exact) mass is 512 g/mol. The van der Waals surface area contributed by atoms with Crippen LogP contribution in [0.3, 0.4) is 0 Å². The molecule has 0 bridgehead atoms. The molecule has 2 aromatic carbocycles. The Morgan fingerprint density at radius 3 is 2.45 bits per heavy atom. The second-order valence-electron chi connectivity index (χ2n) is 10.4. The minimum Gasteiger partial charge on any atom is -0.371 e. The third-order valence-corrected chi connectivity index (χ3v) is 7.33. The van der Waals surface area contributed by atoms with Gasteiger partial charge in [0.15, 0.2) is 0 Å². The number of amides is 2. The minimum absolute atomic E-state index is 0.161. The van der Waals surface area contributed by atoms with Crippen LogP contribution in [-0.2, 0) is 13.0 Å². The molecule has 3 aromatic rings. The summed E-state index contributed by atoms with van der Waals surface area (Å²) in [6, 6.07) is 17.3. The first-order valence-electron chi connectivity index (χ1n) is 14.0. The summed E-state index contributed by atoms with van der Waals surface area (Å²) >= 11 is 0. The molecule has 200 valence electrons. The van der Waals surface area contributed by atoms with E-state index in [1.165, 1.54) is 31.2 Å². The van der Waals surface area contributed by atoms with E-state index in [-0.39, 0.29) is 11.8 Å². The Morgan fingerprint density at radius 1 is 0.947 bits per heavy atom. The van der Waals surface area contributed by atoms with Crippen molar-refractivity contribution in [3.05, 3.63) is 89.2 Å². The van der Waals surface area contributed by atoms with Crippen LogP contribution >= 0.6 is 0 Å². The van der Waals surface area contributed by atoms with Crippen LogP contribution < -0.4 is 15.5 Å². The molecule has 1 aromatic heterocycles. The van der Waals surface area contributed by atoms with Crippen LogP contribution in [0.2, 0.25) is 0 Å². The van der Waals surface area contributed by atoms with E-state index in [4.69, 9.17) is 0 Å². The maximum absolute atomic E-state index is 13.3. The Kier molecular flexibility index (Phi) is 9.90. The molecule has 0 spiro atoms. The second-order valence-corrected chi connectivity index (χ2v) is 10.4.